The molecule has 0 aromatic heterocycles. The molecule has 6 aromatic rings. The number of anilines is 6. The van der Waals surface area contributed by atoms with E-state index in [4.69, 9.17) is 67.3 Å². The van der Waals surface area contributed by atoms with E-state index in [2.05, 4.69) is 10.6 Å². The van der Waals surface area contributed by atoms with Gasteiger partial charge in [0.05, 0.1) is 21.9 Å². The smallest absolute Gasteiger partial charge is 0.255 e. The van der Waals surface area contributed by atoms with Crippen LogP contribution in [0.25, 0.3) is 0 Å². The first-order chi connectivity index (χ1) is 66.4. The summed E-state index contributed by atoms with van der Waals surface area (Å²) in [4.78, 5) is 220. The zero-order valence-corrected chi connectivity index (χ0v) is 60.5. The van der Waals surface area contributed by atoms with Crippen molar-refractivity contribution in [3.63, 3.8) is 0 Å². The molecule has 18 N–H and O–H groups in total. The van der Waals surface area contributed by atoms with Crippen molar-refractivity contribution in [1.29, 1.82) is 0 Å². The molecule has 0 radical (unpaired) electrons. The zero-order chi connectivity index (χ0) is 108. The molecule has 0 spiro atoms. The molecule has 18 rings (SSSR count). The van der Waals surface area contributed by atoms with Gasteiger partial charge in [-0.05, 0) is 111 Å². The molecule has 18 amide bonds. The van der Waals surface area contributed by atoms with Gasteiger partial charge in [0, 0.05) is 189 Å². The molecule has 12 heterocycles. The van der Waals surface area contributed by atoms with Crippen molar-refractivity contribution in [2.24, 2.45) is 0 Å². The molecule has 6 aromatic carbocycles. The quantitative estimate of drug-likeness (QED) is 0.0629. The second-order valence-electron chi connectivity index (χ2n) is 26.4. The molecule has 0 saturated carbocycles. The lowest BCUT2D eigenvalue weighted by molar-refractivity contribution is -0.138. The number of nitrogens with zero attached hydrogens (tertiary/aromatic N) is 6. The Balaban J connectivity index is 0.000000145. The van der Waals surface area contributed by atoms with E-state index >= 15 is 0 Å². The summed E-state index contributed by atoms with van der Waals surface area (Å²) in [5.74, 6) is -24.5. The minimum Gasteiger partial charge on any atom is -0.398 e. The summed E-state index contributed by atoms with van der Waals surface area (Å²) in [5, 5.41) is 11.1. The topological polar surface area (TPSA) is 555 Å². The summed E-state index contributed by atoms with van der Waals surface area (Å²) in [6.45, 7) is -9.68. The van der Waals surface area contributed by atoms with Gasteiger partial charge in [-0.2, -0.15) is 0 Å². The van der Waals surface area contributed by atoms with Crippen LogP contribution in [0.2, 0.25) is 0 Å². The highest BCUT2D eigenvalue weighted by Crippen LogP contribution is 2.39. The summed E-state index contributed by atoms with van der Waals surface area (Å²) in [6.07, 6.45) is -14.6. The van der Waals surface area contributed by atoms with Crippen LogP contribution >= 0.6 is 0 Å². The van der Waals surface area contributed by atoms with Gasteiger partial charge in [0.2, 0.25) is 70.9 Å². The number of fused-ring (bicyclic) bond motifs is 6. The lowest BCUT2D eigenvalue weighted by Crippen LogP contribution is -2.52. The highest BCUT2D eigenvalue weighted by molar-refractivity contribution is 6.12. The molecule has 6 saturated heterocycles. The minimum atomic E-state index is -3.63. The number of imide groups is 6. The molecule has 36 nitrogen and oxygen atoms in total. The third kappa shape index (κ3) is 16.6. The van der Waals surface area contributed by atoms with Gasteiger partial charge in [0.25, 0.3) is 35.4 Å². The van der Waals surface area contributed by atoms with E-state index < -0.39 is 323 Å². The number of carbonyl (C=O) groups is 18. The zero-order valence-electron chi connectivity index (χ0n) is 84.5. The molecule has 12 aliphatic rings. The predicted molar refractivity (Wildman–Crippen MR) is 401 cm³/mol. The molecule has 12 aliphatic heterocycles. The SMILES string of the molecule is [2H]C1c2c(N)cc(F)cc2C(=O)N1C1([2H])C(=O)NC(=O)C([2H])([2H])C1([2H])[2H].[2H]C1c2c(N)cc(F)cc2C(=O)N1C1([2H])CCC(=O)NC1=O.[2H]C1c2c(N)cc(F)cc2C(=O)N1C1CCC(=O)NC1=O.[2H]c1c(N)c2c(c([2H])c1F)C(=O)N(C1([2H])C(=O)NC(=O)C([2H])([2H])C1([2H])[2H])C2[2H].[2H]c1c(N)c2c(c([2H])c1F)C(=O)N(C1([2H])CCC(=O)NC1=O)C2[2H].[2H]c1c(N)c2c(c([2H])c1F)C(=O)N(C1CCC(=O)NC1=O)C2[2H]. The van der Waals surface area contributed by atoms with Gasteiger partial charge < -0.3 is 63.8 Å². The van der Waals surface area contributed by atoms with Crippen molar-refractivity contribution in [2.75, 3.05) is 34.4 Å². The van der Waals surface area contributed by atoms with Gasteiger partial charge in [-0.15, -0.1) is 0 Å². The van der Waals surface area contributed by atoms with Gasteiger partial charge in [-0.3, -0.25) is 118 Å². The predicted octanol–water partition coefficient (Wildman–Crippen LogP) is 1.01. The van der Waals surface area contributed by atoms with Crippen molar-refractivity contribution in [1.82, 2.24) is 61.3 Å². The number of carbonyl (C=O) groups excluding carboxylic acids is 18. The standard InChI is InChI=1S/6C13H12FN3O3/c6*14-6-3-7-8(9(15)4-6)5-17(13(7)20)10-1-2-11(18)16-12(10)19/h6*3-4,10H,1-2,5,15H2,(H,16,18,19)/i1D2,2D2,3D,4D,5D,10D;3D,4D,5D,10D;1D2,2D2,5D,10D;3D,4D,5D;5D,10D;5D. The average molecular weight is 1690 g/mol. The van der Waals surface area contributed by atoms with Crippen molar-refractivity contribution >= 4 is 140 Å². The Bertz CT molecular complexity index is 6890. The molecule has 6 fully saturated rings. The maximum atomic E-state index is 14.0. The summed E-state index contributed by atoms with van der Waals surface area (Å²) in [6, 6.07) is -13.0. The van der Waals surface area contributed by atoms with Gasteiger partial charge in [0.1, 0.15) is 71.1 Å². The number of nitrogens with two attached hydrogens (primary N) is 6. The maximum Gasteiger partial charge on any atom is 0.255 e. The Morgan fingerprint density at radius 3 is 0.817 bits per heavy atom. The average Bonchev–Trinajstić information content (AvgIpc) is 1.08. The van der Waals surface area contributed by atoms with E-state index in [9.17, 15) is 113 Å². The van der Waals surface area contributed by atoms with Crippen molar-refractivity contribution in [2.45, 2.75) is 152 Å². The van der Waals surface area contributed by atoms with Crippen LogP contribution in [0, 0.1) is 34.9 Å². The summed E-state index contributed by atoms with van der Waals surface area (Å²) >= 11 is 0. The summed E-state index contributed by atoms with van der Waals surface area (Å²) in [5.41, 5.74) is 28.5. The minimum absolute atomic E-state index is 0.00259. The molecule has 120 heavy (non-hydrogen) atoms. The number of nitrogens with one attached hydrogen (secondary N) is 6. The fraction of sp³-hybridized carbons (Fsp3) is 0.308. The Hall–Kier alpha value is -14.6. The van der Waals surface area contributed by atoms with E-state index in [0.29, 0.717) is 4.90 Å². The molecule has 0 aliphatic carbocycles. The fourth-order valence-corrected chi connectivity index (χ4v) is 13.1. The van der Waals surface area contributed by atoms with Crippen LogP contribution in [0.1, 0.15) is 205 Å². The molecule has 12 unspecified atom stereocenters. The van der Waals surface area contributed by atoms with E-state index in [-0.39, 0.29) is 117 Å². The largest absolute Gasteiger partial charge is 0.398 e. The highest BCUT2D eigenvalue weighted by Gasteiger charge is 2.47. The third-order valence-corrected chi connectivity index (χ3v) is 18.7. The van der Waals surface area contributed by atoms with E-state index in [1.54, 1.807) is 0 Å². The van der Waals surface area contributed by atoms with Gasteiger partial charge in [-0.25, -0.2) is 26.3 Å². The molecular weight excluding hydrogens is 1590 g/mol. The second-order valence-corrected chi connectivity index (χ2v) is 26.4. The van der Waals surface area contributed by atoms with Crippen LogP contribution in [0.3, 0.4) is 0 Å². The number of amides is 18. The molecule has 0 bridgehead atoms. The third-order valence-electron chi connectivity index (χ3n) is 18.7. The van der Waals surface area contributed by atoms with E-state index in [1.807, 2.05) is 10.6 Å². The Morgan fingerprint density at radius 2 is 0.517 bits per heavy atom. The Labute approximate surface area is 707 Å². The highest BCUT2D eigenvalue weighted by atomic mass is 19.1. The van der Waals surface area contributed by atoms with Crippen LogP contribution in [-0.4, -0.2) is 172 Å². The number of hydrogen-bond donors (Lipinski definition) is 12. The van der Waals surface area contributed by atoms with Crippen LogP contribution in [0.15, 0.2) is 72.7 Å². The number of benzene rings is 6. The first kappa shape index (κ1) is 57.4. The number of rotatable bonds is 6. The molecular formula is C78H72F6N18O18. The first-order valence-corrected chi connectivity index (χ1v) is 34.6. The monoisotopic (exact) mass is 1690 g/mol. The van der Waals surface area contributed by atoms with Crippen molar-refractivity contribution < 1.29 is 146 Å². The summed E-state index contributed by atoms with van der Waals surface area (Å²) in [7, 11) is 0. The molecule has 42 heteroatoms. The van der Waals surface area contributed by atoms with Crippen LogP contribution in [0.5, 0.6) is 0 Å². The Morgan fingerprint density at radius 1 is 0.283 bits per heavy atom. The maximum absolute atomic E-state index is 14.0. The Kier molecular flexibility index (Phi) is 15.9. The van der Waals surface area contributed by atoms with Gasteiger partial charge >= 0.3 is 0 Å². The number of piperidine rings is 6. The van der Waals surface area contributed by atoms with Gasteiger partial charge in [-0.1, -0.05) is 0 Å². The van der Waals surface area contributed by atoms with Crippen LogP contribution < -0.4 is 66.3 Å². The second kappa shape index (κ2) is 33.2. The van der Waals surface area contributed by atoms with Crippen molar-refractivity contribution in [3.8, 4) is 0 Å². The van der Waals surface area contributed by atoms with Crippen LogP contribution in [-0.2, 0) is 96.7 Å². The molecule has 12 atom stereocenters. The van der Waals surface area contributed by atoms with E-state index in [1.165, 1.54) is 10.6 Å². The normalized spacial score (nSPS) is 32.6. The fourth-order valence-electron chi connectivity index (χ4n) is 13.1. The number of hydrogen-bond acceptors (Lipinski definition) is 24. The lowest BCUT2D eigenvalue weighted by Gasteiger charge is -2.29. The lowest BCUT2D eigenvalue weighted by atomic mass is 10.0. The van der Waals surface area contributed by atoms with Crippen LogP contribution in [0.4, 0.5) is 60.5 Å². The number of nitrogen functional groups attached to an aromatic ring is 6. The van der Waals surface area contributed by atoms with E-state index in [0.717, 1.165) is 51.1 Å². The number of halogens is 6. The van der Waals surface area contributed by atoms with Gasteiger partial charge in [0.15, 0.2) is 0 Å². The summed E-state index contributed by atoms with van der Waals surface area (Å²) < 4.78 is 272. The first-order valence-electron chi connectivity index (χ1n) is 47.0. The molecule has 624 valence electrons. The van der Waals surface area contributed by atoms with Crippen molar-refractivity contribution in [3.05, 3.63) is 174 Å².